The predicted octanol–water partition coefficient (Wildman–Crippen LogP) is 1.72. The lowest BCUT2D eigenvalue weighted by Crippen LogP contribution is -2.15. The van der Waals surface area contributed by atoms with Crippen molar-refractivity contribution in [3.63, 3.8) is 0 Å². The van der Waals surface area contributed by atoms with Crippen LogP contribution in [0.2, 0.25) is 0 Å². The standard InChI is InChI=1S/C12H16N4O2S/c1-4-16-10(3)11(8-14-16)19(17,18)15-12-7-9(2)5-6-13-12/h5-8H,4H2,1-3H3,(H,13,15). The highest BCUT2D eigenvalue weighted by molar-refractivity contribution is 7.92. The first-order chi connectivity index (χ1) is 8.94. The maximum atomic E-state index is 12.3. The fourth-order valence-corrected chi connectivity index (χ4v) is 2.97. The Kier molecular flexibility index (Phi) is 3.57. The summed E-state index contributed by atoms with van der Waals surface area (Å²) in [4.78, 5) is 4.17. The van der Waals surface area contributed by atoms with Gasteiger partial charge in [-0.1, -0.05) is 0 Å². The molecule has 0 aromatic carbocycles. The average Bonchev–Trinajstić information content (AvgIpc) is 2.70. The van der Waals surface area contributed by atoms with E-state index in [1.165, 1.54) is 6.20 Å². The van der Waals surface area contributed by atoms with Crippen LogP contribution < -0.4 is 4.72 Å². The number of nitrogens with one attached hydrogen (secondary N) is 1. The Morgan fingerprint density at radius 1 is 1.37 bits per heavy atom. The second-order valence-corrected chi connectivity index (χ2v) is 5.88. The van der Waals surface area contributed by atoms with E-state index in [1.807, 2.05) is 13.8 Å². The van der Waals surface area contributed by atoms with Crippen LogP contribution in [0.5, 0.6) is 0 Å². The summed E-state index contributed by atoms with van der Waals surface area (Å²) in [6.07, 6.45) is 2.92. The minimum Gasteiger partial charge on any atom is -0.269 e. The van der Waals surface area contributed by atoms with Gasteiger partial charge in [-0.15, -0.1) is 0 Å². The van der Waals surface area contributed by atoms with Crippen molar-refractivity contribution in [3.05, 3.63) is 35.8 Å². The molecule has 0 amide bonds. The zero-order valence-electron chi connectivity index (χ0n) is 11.1. The van der Waals surface area contributed by atoms with E-state index < -0.39 is 10.0 Å². The first-order valence-electron chi connectivity index (χ1n) is 5.92. The Morgan fingerprint density at radius 3 is 2.68 bits per heavy atom. The Balaban J connectivity index is 2.35. The summed E-state index contributed by atoms with van der Waals surface area (Å²) in [5.41, 5.74) is 1.55. The molecule has 0 atom stereocenters. The molecule has 7 heteroatoms. The van der Waals surface area contributed by atoms with E-state index in [2.05, 4.69) is 14.8 Å². The third-order valence-electron chi connectivity index (χ3n) is 2.80. The van der Waals surface area contributed by atoms with Gasteiger partial charge in [-0.2, -0.15) is 5.10 Å². The van der Waals surface area contributed by atoms with Crippen LogP contribution in [0.1, 0.15) is 18.2 Å². The van der Waals surface area contributed by atoms with Crippen LogP contribution >= 0.6 is 0 Å². The highest BCUT2D eigenvalue weighted by atomic mass is 32.2. The molecule has 0 radical (unpaired) electrons. The van der Waals surface area contributed by atoms with Gasteiger partial charge in [0.25, 0.3) is 10.0 Å². The minimum atomic E-state index is -3.65. The maximum absolute atomic E-state index is 12.3. The van der Waals surface area contributed by atoms with Crippen molar-refractivity contribution in [3.8, 4) is 0 Å². The van der Waals surface area contributed by atoms with Crippen molar-refractivity contribution in [1.29, 1.82) is 0 Å². The van der Waals surface area contributed by atoms with E-state index in [1.54, 1.807) is 29.9 Å². The van der Waals surface area contributed by atoms with Crippen molar-refractivity contribution in [2.45, 2.75) is 32.2 Å². The number of aromatic nitrogens is 3. The lowest BCUT2D eigenvalue weighted by molar-refractivity contribution is 0.598. The lowest BCUT2D eigenvalue weighted by atomic mass is 10.3. The fourth-order valence-electron chi connectivity index (χ4n) is 1.80. The first kappa shape index (κ1) is 13.5. The number of nitrogens with zero attached hydrogens (tertiary/aromatic N) is 3. The molecule has 0 bridgehead atoms. The minimum absolute atomic E-state index is 0.178. The smallest absolute Gasteiger partial charge is 0.266 e. The second-order valence-electron chi connectivity index (χ2n) is 4.23. The maximum Gasteiger partial charge on any atom is 0.266 e. The molecular weight excluding hydrogens is 264 g/mol. The average molecular weight is 280 g/mol. The summed E-state index contributed by atoms with van der Waals surface area (Å²) < 4.78 is 28.6. The van der Waals surface area contributed by atoms with Crippen LogP contribution in [0, 0.1) is 13.8 Å². The predicted molar refractivity (Wildman–Crippen MR) is 72.4 cm³/mol. The van der Waals surface area contributed by atoms with Crippen LogP contribution in [-0.4, -0.2) is 23.2 Å². The molecule has 0 fully saturated rings. The van der Waals surface area contributed by atoms with Crippen LogP contribution in [0.4, 0.5) is 5.82 Å². The highest BCUT2D eigenvalue weighted by Crippen LogP contribution is 2.18. The number of sulfonamides is 1. The van der Waals surface area contributed by atoms with Gasteiger partial charge in [0, 0.05) is 12.7 Å². The molecule has 0 saturated carbocycles. The first-order valence-corrected chi connectivity index (χ1v) is 7.40. The van der Waals surface area contributed by atoms with Gasteiger partial charge in [0.1, 0.15) is 10.7 Å². The summed E-state index contributed by atoms with van der Waals surface area (Å²) in [6, 6.07) is 3.48. The number of hydrogen-bond acceptors (Lipinski definition) is 4. The van der Waals surface area contributed by atoms with E-state index in [0.717, 1.165) is 5.56 Å². The molecule has 19 heavy (non-hydrogen) atoms. The third-order valence-corrected chi connectivity index (χ3v) is 4.26. The van der Waals surface area contributed by atoms with E-state index in [0.29, 0.717) is 18.1 Å². The Morgan fingerprint density at radius 2 is 2.11 bits per heavy atom. The monoisotopic (exact) mass is 280 g/mol. The number of hydrogen-bond donors (Lipinski definition) is 1. The molecular formula is C12H16N4O2S. The van der Waals surface area contributed by atoms with Gasteiger partial charge in [0.15, 0.2) is 0 Å². The lowest BCUT2D eigenvalue weighted by Gasteiger charge is -2.07. The molecule has 0 saturated heterocycles. The Hall–Kier alpha value is -1.89. The number of pyridine rings is 1. The van der Waals surface area contributed by atoms with Crippen molar-refractivity contribution in [2.75, 3.05) is 4.72 Å². The van der Waals surface area contributed by atoms with Crippen LogP contribution in [-0.2, 0) is 16.6 Å². The molecule has 1 N–H and O–H groups in total. The topological polar surface area (TPSA) is 76.9 Å². The van der Waals surface area contributed by atoms with Crippen LogP contribution in [0.3, 0.4) is 0 Å². The quantitative estimate of drug-likeness (QED) is 0.925. The summed E-state index contributed by atoms with van der Waals surface area (Å²) in [6.45, 7) is 6.14. The summed E-state index contributed by atoms with van der Waals surface area (Å²) in [7, 11) is -3.65. The summed E-state index contributed by atoms with van der Waals surface area (Å²) in [5.74, 6) is 0.309. The Labute approximate surface area is 112 Å². The van der Waals surface area contributed by atoms with Crippen molar-refractivity contribution in [2.24, 2.45) is 0 Å². The number of rotatable bonds is 4. The zero-order valence-corrected chi connectivity index (χ0v) is 11.9. The molecule has 0 unspecified atom stereocenters. The second kappa shape index (κ2) is 5.00. The van der Waals surface area contributed by atoms with Crippen LogP contribution in [0.15, 0.2) is 29.4 Å². The molecule has 6 nitrogen and oxygen atoms in total. The SMILES string of the molecule is CCn1ncc(S(=O)(=O)Nc2cc(C)ccn2)c1C. The molecule has 0 aliphatic carbocycles. The van der Waals surface area contributed by atoms with Crippen LogP contribution in [0.25, 0.3) is 0 Å². The summed E-state index contributed by atoms with van der Waals surface area (Å²) >= 11 is 0. The van der Waals surface area contributed by atoms with Gasteiger partial charge in [-0.25, -0.2) is 13.4 Å². The van der Waals surface area contributed by atoms with E-state index >= 15 is 0 Å². The fraction of sp³-hybridized carbons (Fsp3) is 0.333. The van der Waals surface area contributed by atoms with Crippen molar-refractivity contribution >= 4 is 15.8 Å². The highest BCUT2D eigenvalue weighted by Gasteiger charge is 2.20. The van der Waals surface area contributed by atoms with Gasteiger partial charge in [-0.3, -0.25) is 9.40 Å². The van der Waals surface area contributed by atoms with E-state index in [9.17, 15) is 8.42 Å². The number of anilines is 1. The molecule has 0 spiro atoms. The zero-order chi connectivity index (χ0) is 14.0. The molecule has 2 rings (SSSR count). The summed E-state index contributed by atoms with van der Waals surface area (Å²) in [5, 5.41) is 4.04. The Bertz CT molecular complexity index is 692. The molecule has 2 heterocycles. The van der Waals surface area contributed by atoms with Gasteiger partial charge in [-0.05, 0) is 38.5 Å². The van der Waals surface area contributed by atoms with Gasteiger partial charge >= 0.3 is 0 Å². The van der Waals surface area contributed by atoms with Gasteiger partial charge in [0.2, 0.25) is 0 Å². The van der Waals surface area contributed by atoms with Crippen molar-refractivity contribution < 1.29 is 8.42 Å². The van der Waals surface area contributed by atoms with Crippen molar-refractivity contribution in [1.82, 2.24) is 14.8 Å². The van der Waals surface area contributed by atoms with E-state index in [4.69, 9.17) is 0 Å². The van der Waals surface area contributed by atoms with Gasteiger partial charge < -0.3 is 0 Å². The third kappa shape index (κ3) is 2.76. The normalized spacial score (nSPS) is 11.5. The van der Waals surface area contributed by atoms with Gasteiger partial charge in [0.05, 0.1) is 11.9 Å². The van der Waals surface area contributed by atoms with E-state index in [-0.39, 0.29) is 4.90 Å². The molecule has 0 aliphatic rings. The molecule has 2 aromatic rings. The molecule has 2 aromatic heterocycles. The molecule has 102 valence electrons. The molecule has 0 aliphatic heterocycles. The largest absolute Gasteiger partial charge is 0.269 e. The number of aryl methyl sites for hydroxylation is 2.